The summed E-state index contributed by atoms with van der Waals surface area (Å²) in [6.07, 6.45) is -0.222. The van der Waals surface area contributed by atoms with Crippen LogP contribution in [0.15, 0.2) is 36.4 Å². The average molecular weight is 392 g/mol. The van der Waals surface area contributed by atoms with E-state index in [1.165, 1.54) is 13.2 Å². The van der Waals surface area contributed by atoms with Crippen LogP contribution in [0.4, 0.5) is 13.2 Å². The van der Waals surface area contributed by atoms with Gasteiger partial charge in [-0.1, -0.05) is 44.2 Å². The maximum absolute atomic E-state index is 15.9. The van der Waals surface area contributed by atoms with Crippen molar-refractivity contribution >= 4 is 0 Å². The van der Waals surface area contributed by atoms with Crippen molar-refractivity contribution in [3.8, 4) is 5.75 Å². The predicted octanol–water partition coefficient (Wildman–Crippen LogP) is 5.43. The Labute approximate surface area is 164 Å². The lowest BCUT2D eigenvalue weighted by Crippen LogP contribution is -2.44. The Morgan fingerprint density at radius 1 is 1.11 bits per heavy atom. The first-order chi connectivity index (χ1) is 13.4. The molecule has 3 unspecified atom stereocenters. The lowest BCUT2D eigenvalue weighted by atomic mass is 9.79. The normalized spacial score (nSPS) is 21.7. The van der Waals surface area contributed by atoms with Gasteiger partial charge in [0.15, 0.2) is 11.6 Å². The van der Waals surface area contributed by atoms with Crippen LogP contribution in [0.1, 0.15) is 61.5 Å². The van der Waals surface area contributed by atoms with E-state index in [1.807, 2.05) is 30.3 Å². The molecule has 1 saturated heterocycles. The molecular weight excluding hydrogens is 365 g/mol. The molecule has 2 aromatic carbocycles. The fourth-order valence-corrected chi connectivity index (χ4v) is 4.16. The van der Waals surface area contributed by atoms with Crippen molar-refractivity contribution < 1.29 is 17.9 Å². The third kappa shape index (κ3) is 3.76. The van der Waals surface area contributed by atoms with E-state index in [-0.39, 0.29) is 28.8 Å². The Morgan fingerprint density at radius 2 is 1.79 bits per heavy atom. The summed E-state index contributed by atoms with van der Waals surface area (Å²) in [5.74, 6) is 2.96. The lowest BCUT2D eigenvalue weighted by Gasteiger charge is -2.40. The fraction of sp³-hybridized carbons (Fsp3) is 0.455. The van der Waals surface area contributed by atoms with Crippen LogP contribution < -0.4 is 10.6 Å². The van der Waals surface area contributed by atoms with E-state index in [0.29, 0.717) is 13.0 Å². The Kier molecular flexibility index (Phi) is 6.30. The fourth-order valence-electron chi connectivity index (χ4n) is 4.16. The SMILES string of the molecule is COc1c(C(F)C2CCCN(N)C2c2ccccc2)cc(C(C)C)c(F)c1F. The van der Waals surface area contributed by atoms with Crippen LogP contribution >= 0.6 is 0 Å². The zero-order valence-corrected chi connectivity index (χ0v) is 16.5. The number of benzene rings is 2. The maximum Gasteiger partial charge on any atom is 0.201 e. The number of halogens is 3. The second kappa shape index (κ2) is 8.53. The molecule has 0 aromatic heterocycles. The van der Waals surface area contributed by atoms with Gasteiger partial charge in [-0.05, 0) is 36.0 Å². The molecule has 1 fully saturated rings. The highest BCUT2D eigenvalue weighted by Gasteiger charge is 2.39. The van der Waals surface area contributed by atoms with Gasteiger partial charge in [-0.2, -0.15) is 4.39 Å². The monoisotopic (exact) mass is 392 g/mol. The minimum Gasteiger partial charge on any atom is -0.493 e. The molecule has 3 atom stereocenters. The van der Waals surface area contributed by atoms with Crippen LogP contribution in [-0.4, -0.2) is 18.7 Å². The predicted molar refractivity (Wildman–Crippen MR) is 104 cm³/mol. The molecule has 0 amide bonds. The van der Waals surface area contributed by atoms with Crippen LogP contribution in [0.25, 0.3) is 0 Å². The largest absolute Gasteiger partial charge is 0.493 e. The molecule has 0 bridgehead atoms. The summed E-state index contributed by atoms with van der Waals surface area (Å²) >= 11 is 0. The van der Waals surface area contributed by atoms with E-state index in [9.17, 15) is 8.78 Å². The Morgan fingerprint density at radius 3 is 2.39 bits per heavy atom. The number of hydrogen-bond donors (Lipinski definition) is 1. The summed E-state index contributed by atoms with van der Waals surface area (Å²) in [7, 11) is 1.23. The van der Waals surface area contributed by atoms with Gasteiger partial charge in [-0.3, -0.25) is 5.84 Å². The van der Waals surface area contributed by atoms with E-state index in [0.717, 1.165) is 12.0 Å². The van der Waals surface area contributed by atoms with Crippen molar-refractivity contribution in [1.29, 1.82) is 0 Å². The minimum atomic E-state index is -1.54. The Balaban J connectivity index is 2.07. The molecular formula is C22H27F3N2O. The highest BCUT2D eigenvalue weighted by atomic mass is 19.2. The molecule has 2 N–H and O–H groups in total. The molecule has 0 spiro atoms. The third-order valence-electron chi connectivity index (χ3n) is 5.58. The van der Waals surface area contributed by atoms with Gasteiger partial charge in [0, 0.05) is 18.0 Å². The first-order valence-corrected chi connectivity index (χ1v) is 9.62. The van der Waals surface area contributed by atoms with E-state index >= 15 is 4.39 Å². The molecule has 1 aliphatic rings. The van der Waals surface area contributed by atoms with E-state index in [1.54, 1.807) is 18.9 Å². The maximum atomic E-state index is 15.9. The van der Waals surface area contributed by atoms with Gasteiger partial charge in [0.1, 0.15) is 6.17 Å². The number of methoxy groups -OCH3 is 1. The first-order valence-electron chi connectivity index (χ1n) is 9.62. The standard InChI is InChI=1S/C22H27F3N2O/c1-13(2)16-12-17(22(28-3)20(25)19(16)24)18(23)15-10-7-11-27(26)21(15)14-8-5-4-6-9-14/h4-6,8-9,12-13,15,18,21H,7,10-11,26H2,1-3H3. The van der Waals surface area contributed by atoms with E-state index < -0.39 is 23.7 Å². The van der Waals surface area contributed by atoms with Gasteiger partial charge in [0.2, 0.25) is 5.82 Å². The molecule has 152 valence electrons. The smallest absolute Gasteiger partial charge is 0.201 e. The summed E-state index contributed by atoms with van der Waals surface area (Å²) in [5.41, 5.74) is 1.10. The number of nitrogens with two attached hydrogens (primary N) is 1. The van der Waals surface area contributed by atoms with Crippen molar-refractivity contribution in [3.05, 3.63) is 64.7 Å². The summed E-state index contributed by atoms with van der Waals surface area (Å²) < 4.78 is 49.9. The molecule has 6 heteroatoms. The van der Waals surface area contributed by atoms with Crippen molar-refractivity contribution in [1.82, 2.24) is 5.01 Å². The number of nitrogens with zero attached hydrogens (tertiary/aromatic N) is 1. The molecule has 2 aromatic rings. The number of alkyl halides is 1. The van der Waals surface area contributed by atoms with Gasteiger partial charge in [-0.15, -0.1) is 0 Å². The van der Waals surface area contributed by atoms with Crippen molar-refractivity contribution in [2.24, 2.45) is 11.8 Å². The topological polar surface area (TPSA) is 38.5 Å². The van der Waals surface area contributed by atoms with Crippen LogP contribution in [0, 0.1) is 17.6 Å². The van der Waals surface area contributed by atoms with Gasteiger partial charge < -0.3 is 4.74 Å². The summed E-state index contributed by atoms with van der Waals surface area (Å²) in [6, 6.07) is 10.5. The highest BCUT2D eigenvalue weighted by molar-refractivity contribution is 5.43. The third-order valence-corrected chi connectivity index (χ3v) is 5.58. The number of rotatable bonds is 5. The van der Waals surface area contributed by atoms with Gasteiger partial charge >= 0.3 is 0 Å². The first kappa shape index (κ1) is 20.7. The highest BCUT2D eigenvalue weighted by Crippen LogP contribution is 2.47. The van der Waals surface area contributed by atoms with E-state index in [2.05, 4.69) is 0 Å². The quantitative estimate of drug-likeness (QED) is 0.689. The van der Waals surface area contributed by atoms with Crippen molar-refractivity contribution in [2.45, 2.75) is 44.8 Å². The van der Waals surface area contributed by atoms with Crippen LogP contribution in [0.3, 0.4) is 0 Å². The molecule has 28 heavy (non-hydrogen) atoms. The Hall–Kier alpha value is -2.05. The van der Waals surface area contributed by atoms with Gasteiger partial charge in [-0.25, -0.2) is 13.8 Å². The molecule has 0 aliphatic carbocycles. The summed E-state index contributed by atoms with van der Waals surface area (Å²) in [6.45, 7) is 4.14. The summed E-state index contributed by atoms with van der Waals surface area (Å²) in [4.78, 5) is 0. The van der Waals surface area contributed by atoms with Gasteiger partial charge in [0.25, 0.3) is 0 Å². The zero-order valence-electron chi connectivity index (χ0n) is 16.5. The molecule has 3 nitrogen and oxygen atoms in total. The van der Waals surface area contributed by atoms with Crippen LogP contribution in [0.5, 0.6) is 5.75 Å². The number of hydrazine groups is 1. The number of piperidine rings is 1. The summed E-state index contributed by atoms with van der Waals surface area (Å²) in [5, 5.41) is 1.64. The minimum absolute atomic E-state index is 0.0475. The van der Waals surface area contributed by atoms with Crippen molar-refractivity contribution in [3.63, 3.8) is 0 Å². The average Bonchev–Trinajstić information content (AvgIpc) is 2.69. The lowest BCUT2D eigenvalue weighted by molar-refractivity contribution is 0.0404. The second-order valence-electron chi connectivity index (χ2n) is 7.67. The zero-order chi connectivity index (χ0) is 20.4. The van der Waals surface area contributed by atoms with Crippen LogP contribution in [-0.2, 0) is 0 Å². The molecule has 1 heterocycles. The molecule has 1 aliphatic heterocycles. The second-order valence-corrected chi connectivity index (χ2v) is 7.67. The number of hydrogen-bond acceptors (Lipinski definition) is 3. The van der Waals surface area contributed by atoms with E-state index in [4.69, 9.17) is 10.6 Å². The van der Waals surface area contributed by atoms with Gasteiger partial charge in [0.05, 0.1) is 13.2 Å². The molecule has 3 rings (SSSR count). The molecule has 0 radical (unpaired) electrons. The van der Waals surface area contributed by atoms with Crippen molar-refractivity contribution in [2.75, 3.05) is 13.7 Å². The number of ether oxygens (including phenoxy) is 1. The van der Waals surface area contributed by atoms with Crippen LogP contribution in [0.2, 0.25) is 0 Å². The molecule has 0 saturated carbocycles. The Bertz CT molecular complexity index is 813.